The molecule has 1 aliphatic rings. The van der Waals surface area contributed by atoms with Gasteiger partial charge in [-0.2, -0.15) is 8.78 Å². The summed E-state index contributed by atoms with van der Waals surface area (Å²) in [4.78, 5) is 29.7. The van der Waals surface area contributed by atoms with E-state index < -0.39 is 24.0 Å². The topological polar surface area (TPSA) is 110 Å². The summed E-state index contributed by atoms with van der Waals surface area (Å²) >= 11 is 0. The van der Waals surface area contributed by atoms with Crippen molar-refractivity contribution in [3.63, 3.8) is 0 Å². The number of halogens is 2. The summed E-state index contributed by atoms with van der Waals surface area (Å²) in [6.07, 6.45) is -2.17. The van der Waals surface area contributed by atoms with Crippen molar-refractivity contribution in [3.8, 4) is 11.5 Å². The molecule has 0 atom stereocenters. The van der Waals surface area contributed by atoms with Gasteiger partial charge < -0.3 is 19.4 Å². The largest absolute Gasteiger partial charge is 0.444 e. The van der Waals surface area contributed by atoms with Crippen molar-refractivity contribution < 1.29 is 27.5 Å². The second-order valence-electron chi connectivity index (χ2n) is 6.80. The highest BCUT2D eigenvalue weighted by Crippen LogP contribution is 2.27. The molecule has 2 amide bonds. The molecule has 1 aliphatic heterocycles. The molecule has 0 saturated heterocycles. The molecule has 9 nitrogen and oxygen atoms in total. The minimum atomic E-state index is -2.88. The van der Waals surface area contributed by atoms with E-state index in [1.165, 1.54) is 17.2 Å². The minimum Gasteiger partial charge on any atom is -0.444 e. The Balaban J connectivity index is 1.69. The van der Waals surface area contributed by atoms with E-state index in [1.54, 1.807) is 20.8 Å². The van der Waals surface area contributed by atoms with E-state index in [2.05, 4.69) is 20.5 Å². The van der Waals surface area contributed by atoms with Crippen LogP contribution in [0.15, 0.2) is 16.7 Å². The number of hydrogen-bond donors (Lipinski definition) is 1. The molecule has 0 saturated carbocycles. The lowest BCUT2D eigenvalue weighted by atomic mass is 10.1. The fraction of sp³-hybridized carbons (Fsp3) is 0.438. The quantitative estimate of drug-likeness (QED) is 0.866. The third-order valence-electron chi connectivity index (χ3n) is 3.52. The zero-order chi connectivity index (χ0) is 19.8. The first-order valence-electron chi connectivity index (χ1n) is 8.01. The Bertz CT molecular complexity index is 878. The molecular weight excluding hydrogens is 364 g/mol. The molecule has 11 heteroatoms. The van der Waals surface area contributed by atoms with Gasteiger partial charge in [0.25, 0.3) is 11.8 Å². The average molecular weight is 381 g/mol. The van der Waals surface area contributed by atoms with Gasteiger partial charge in [-0.15, -0.1) is 10.2 Å². The molecule has 0 aliphatic carbocycles. The van der Waals surface area contributed by atoms with Crippen molar-refractivity contribution in [2.45, 2.75) is 39.3 Å². The maximum absolute atomic E-state index is 12.6. The maximum atomic E-state index is 12.6. The van der Waals surface area contributed by atoms with E-state index in [4.69, 9.17) is 9.15 Å². The molecule has 2 aromatic heterocycles. The Labute approximate surface area is 152 Å². The van der Waals surface area contributed by atoms with Crippen molar-refractivity contribution in [1.82, 2.24) is 25.4 Å². The smallest absolute Gasteiger partial charge is 0.409 e. The van der Waals surface area contributed by atoms with Gasteiger partial charge in [0, 0.05) is 6.20 Å². The summed E-state index contributed by atoms with van der Waals surface area (Å²) in [7, 11) is 0. The predicted molar refractivity (Wildman–Crippen MR) is 86.6 cm³/mol. The van der Waals surface area contributed by atoms with Crippen LogP contribution in [0.25, 0.3) is 11.5 Å². The molecule has 0 spiro atoms. The highest BCUT2D eigenvalue weighted by atomic mass is 19.3. The van der Waals surface area contributed by atoms with Gasteiger partial charge >= 0.3 is 12.5 Å². The Morgan fingerprint density at radius 3 is 2.78 bits per heavy atom. The zero-order valence-electron chi connectivity index (χ0n) is 14.8. The van der Waals surface area contributed by atoms with Gasteiger partial charge in [0.05, 0.1) is 30.0 Å². The van der Waals surface area contributed by atoms with E-state index in [9.17, 15) is 18.4 Å². The van der Waals surface area contributed by atoms with Crippen molar-refractivity contribution in [2.24, 2.45) is 0 Å². The first kappa shape index (κ1) is 18.7. The van der Waals surface area contributed by atoms with Gasteiger partial charge in [-0.1, -0.05) is 0 Å². The molecule has 0 unspecified atom stereocenters. The number of hydrogen-bond acceptors (Lipinski definition) is 7. The Morgan fingerprint density at radius 1 is 1.41 bits per heavy atom. The molecule has 0 bridgehead atoms. The fourth-order valence-electron chi connectivity index (χ4n) is 2.39. The highest BCUT2D eigenvalue weighted by Gasteiger charge is 2.30. The molecule has 0 fully saturated rings. The predicted octanol–water partition coefficient (Wildman–Crippen LogP) is 2.51. The summed E-state index contributed by atoms with van der Waals surface area (Å²) < 4.78 is 35.1. The standard InChI is InChI=1S/C16H17F2N5O4/c1-16(2,3)27-15(25)20-7-23-6-10-9(14(23)24)4-8(5-19-10)12-21-22-13(26-12)11(17)18/h4-5,11H,6-7H2,1-3H3,(H,20,25). The number of amides is 2. The number of alkyl halides is 2. The number of carbonyl (C=O) groups excluding carboxylic acids is 2. The van der Waals surface area contributed by atoms with Crippen LogP contribution in [0.2, 0.25) is 0 Å². The Morgan fingerprint density at radius 2 is 2.15 bits per heavy atom. The Kier molecular flexibility index (Phi) is 4.77. The van der Waals surface area contributed by atoms with Gasteiger partial charge in [-0.25, -0.2) is 4.79 Å². The fourth-order valence-corrected chi connectivity index (χ4v) is 2.39. The van der Waals surface area contributed by atoms with Crippen LogP contribution in [-0.2, 0) is 11.3 Å². The van der Waals surface area contributed by atoms with E-state index in [1.807, 2.05) is 0 Å². The SMILES string of the molecule is CC(C)(C)OC(=O)NCN1Cc2ncc(-c3nnc(C(F)F)o3)cc2C1=O. The van der Waals surface area contributed by atoms with E-state index in [-0.39, 0.29) is 36.1 Å². The normalized spacial score (nSPS) is 13.9. The summed E-state index contributed by atoms with van der Waals surface area (Å²) in [5, 5.41) is 9.28. The molecule has 144 valence electrons. The lowest BCUT2D eigenvalue weighted by molar-refractivity contribution is 0.0481. The van der Waals surface area contributed by atoms with Crippen LogP contribution in [0, 0.1) is 0 Å². The monoisotopic (exact) mass is 381 g/mol. The number of carbonyl (C=O) groups is 2. The molecule has 3 heterocycles. The van der Waals surface area contributed by atoms with Gasteiger partial charge in [-0.3, -0.25) is 9.78 Å². The van der Waals surface area contributed by atoms with Crippen LogP contribution in [-0.4, -0.2) is 44.4 Å². The lowest BCUT2D eigenvalue weighted by Crippen LogP contribution is -2.40. The van der Waals surface area contributed by atoms with Gasteiger partial charge in [0.2, 0.25) is 5.89 Å². The van der Waals surface area contributed by atoms with Crippen molar-refractivity contribution in [1.29, 1.82) is 0 Å². The highest BCUT2D eigenvalue weighted by molar-refractivity contribution is 5.98. The van der Waals surface area contributed by atoms with Crippen molar-refractivity contribution >= 4 is 12.0 Å². The summed E-state index contributed by atoms with van der Waals surface area (Å²) in [6, 6.07) is 1.45. The summed E-state index contributed by atoms with van der Waals surface area (Å²) in [5.74, 6) is -1.33. The maximum Gasteiger partial charge on any atom is 0.409 e. The van der Waals surface area contributed by atoms with E-state index in [0.29, 0.717) is 5.69 Å². The van der Waals surface area contributed by atoms with E-state index >= 15 is 0 Å². The minimum absolute atomic E-state index is 0.0600. The number of rotatable bonds is 4. The summed E-state index contributed by atoms with van der Waals surface area (Å²) in [6.45, 7) is 5.31. The number of alkyl carbamates (subject to hydrolysis) is 1. The first-order valence-corrected chi connectivity index (χ1v) is 8.01. The molecule has 0 radical (unpaired) electrons. The number of nitrogens with one attached hydrogen (secondary N) is 1. The van der Waals surface area contributed by atoms with Crippen molar-refractivity contribution in [3.05, 3.63) is 29.4 Å². The number of aromatic nitrogens is 3. The Hall–Kier alpha value is -3.11. The number of ether oxygens (including phenoxy) is 1. The third-order valence-corrected chi connectivity index (χ3v) is 3.52. The number of nitrogens with zero attached hydrogens (tertiary/aromatic N) is 4. The van der Waals surface area contributed by atoms with Crippen LogP contribution in [0.5, 0.6) is 0 Å². The molecule has 1 N–H and O–H groups in total. The van der Waals surface area contributed by atoms with Gasteiger partial charge in [0.15, 0.2) is 0 Å². The lowest BCUT2D eigenvalue weighted by Gasteiger charge is -2.21. The summed E-state index contributed by atoms with van der Waals surface area (Å²) in [5.41, 5.74) is 0.363. The van der Waals surface area contributed by atoms with Crippen LogP contribution in [0.4, 0.5) is 13.6 Å². The molecule has 27 heavy (non-hydrogen) atoms. The third kappa shape index (κ3) is 4.18. The average Bonchev–Trinajstić information content (AvgIpc) is 3.17. The number of pyridine rings is 1. The molecular formula is C16H17F2N5O4. The zero-order valence-corrected chi connectivity index (χ0v) is 14.8. The van der Waals surface area contributed by atoms with Crippen LogP contribution < -0.4 is 5.32 Å². The van der Waals surface area contributed by atoms with Gasteiger partial charge in [-0.05, 0) is 26.8 Å². The van der Waals surface area contributed by atoms with Crippen molar-refractivity contribution in [2.75, 3.05) is 6.67 Å². The van der Waals surface area contributed by atoms with Crippen LogP contribution in [0.1, 0.15) is 49.1 Å². The van der Waals surface area contributed by atoms with Crippen LogP contribution >= 0.6 is 0 Å². The molecule has 2 aromatic rings. The van der Waals surface area contributed by atoms with Crippen LogP contribution in [0.3, 0.4) is 0 Å². The first-order chi connectivity index (χ1) is 12.6. The number of fused-ring (bicyclic) bond motifs is 1. The van der Waals surface area contributed by atoms with E-state index in [0.717, 1.165) is 0 Å². The molecule has 0 aromatic carbocycles. The van der Waals surface area contributed by atoms with Gasteiger partial charge in [0.1, 0.15) is 5.60 Å². The second kappa shape index (κ2) is 6.89. The molecule has 3 rings (SSSR count). The second-order valence-corrected chi connectivity index (χ2v) is 6.80.